The van der Waals surface area contributed by atoms with Crippen LogP contribution in [0.3, 0.4) is 0 Å². The van der Waals surface area contributed by atoms with Crippen LogP contribution in [0.1, 0.15) is 19.8 Å². The highest BCUT2D eigenvalue weighted by molar-refractivity contribution is 9.10. The zero-order valence-electron chi connectivity index (χ0n) is 9.43. The molecule has 2 nitrogen and oxygen atoms in total. The number of ether oxygens (including phenoxy) is 1. The fourth-order valence-corrected chi connectivity index (χ4v) is 1.64. The van der Waals surface area contributed by atoms with Crippen molar-refractivity contribution in [3.63, 3.8) is 0 Å². The number of hydrogen-bond acceptors (Lipinski definition) is 2. The minimum Gasteiger partial charge on any atom is -0.494 e. The molecule has 0 aliphatic rings. The lowest BCUT2D eigenvalue weighted by Crippen LogP contribution is -2.14. The molecule has 0 aliphatic carbocycles. The van der Waals surface area contributed by atoms with Crippen molar-refractivity contribution in [1.82, 2.24) is 5.32 Å². The Kier molecular flexibility index (Phi) is 6.42. The number of benzene rings is 1. The van der Waals surface area contributed by atoms with Crippen molar-refractivity contribution in [3.8, 4) is 5.75 Å². The third-order valence-electron chi connectivity index (χ3n) is 2.16. The van der Waals surface area contributed by atoms with Crippen molar-refractivity contribution in [2.24, 2.45) is 0 Å². The molecule has 0 heterocycles. The zero-order valence-corrected chi connectivity index (χ0v) is 11.0. The van der Waals surface area contributed by atoms with Crippen LogP contribution < -0.4 is 10.1 Å². The molecule has 1 rings (SSSR count). The molecular weight excluding hydrogens is 273 g/mol. The van der Waals surface area contributed by atoms with Gasteiger partial charge in [-0.05, 0) is 60.1 Å². The summed E-state index contributed by atoms with van der Waals surface area (Å²) < 4.78 is 18.9. The van der Waals surface area contributed by atoms with Gasteiger partial charge in [-0.1, -0.05) is 6.92 Å². The molecule has 0 unspecified atom stereocenters. The summed E-state index contributed by atoms with van der Waals surface area (Å²) in [7, 11) is 0. The van der Waals surface area contributed by atoms with Crippen LogP contribution in [-0.2, 0) is 0 Å². The molecule has 1 N–H and O–H groups in total. The minimum atomic E-state index is -0.264. The number of unbranched alkanes of at least 4 members (excludes halogenated alkanes) is 1. The van der Waals surface area contributed by atoms with E-state index in [1.807, 2.05) is 0 Å². The van der Waals surface area contributed by atoms with Gasteiger partial charge in [0.15, 0.2) is 0 Å². The van der Waals surface area contributed by atoms with Crippen molar-refractivity contribution in [1.29, 1.82) is 0 Å². The van der Waals surface area contributed by atoms with E-state index in [2.05, 4.69) is 28.2 Å². The van der Waals surface area contributed by atoms with Crippen LogP contribution in [0.25, 0.3) is 0 Å². The highest BCUT2D eigenvalue weighted by Gasteiger charge is 2.00. The first-order valence-corrected chi connectivity index (χ1v) is 6.32. The van der Waals surface area contributed by atoms with Gasteiger partial charge in [-0.3, -0.25) is 0 Å². The van der Waals surface area contributed by atoms with Crippen LogP contribution in [0.4, 0.5) is 4.39 Å². The molecule has 4 heteroatoms. The number of rotatable bonds is 7. The van der Waals surface area contributed by atoms with Gasteiger partial charge in [-0.2, -0.15) is 0 Å². The predicted octanol–water partition coefficient (Wildman–Crippen LogP) is 3.36. The number of halogens is 2. The first kappa shape index (κ1) is 13.5. The van der Waals surface area contributed by atoms with E-state index in [1.54, 1.807) is 12.1 Å². The average Bonchev–Trinajstić information content (AvgIpc) is 2.28. The summed E-state index contributed by atoms with van der Waals surface area (Å²) in [5.41, 5.74) is 0. The summed E-state index contributed by atoms with van der Waals surface area (Å²) in [5.74, 6) is 0.441. The molecule has 0 amide bonds. The number of nitrogens with one attached hydrogen (secondary N) is 1. The monoisotopic (exact) mass is 289 g/mol. The molecule has 0 fully saturated rings. The van der Waals surface area contributed by atoms with Gasteiger partial charge in [0.05, 0.1) is 11.1 Å². The third kappa shape index (κ3) is 4.94. The molecule has 0 saturated carbocycles. The van der Waals surface area contributed by atoms with E-state index in [0.29, 0.717) is 16.8 Å². The Bertz CT molecular complexity index is 320. The second-order valence-corrected chi connectivity index (χ2v) is 4.34. The Morgan fingerprint density at radius 2 is 2.19 bits per heavy atom. The second-order valence-electron chi connectivity index (χ2n) is 3.49. The fourth-order valence-electron chi connectivity index (χ4n) is 1.29. The lowest BCUT2D eigenvalue weighted by molar-refractivity contribution is 0.305. The lowest BCUT2D eigenvalue weighted by Gasteiger charge is -2.07. The molecule has 0 radical (unpaired) electrons. The minimum absolute atomic E-state index is 0.264. The van der Waals surface area contributed by atoms with Crippen molar-refractivity contribution in [2.45, 2.75) is 19.8 Å². The molecule has 0 saturated heterocycles. The van der Waals surface area contributed by atoms with Crippen LogP contribution in [0.15, 0.2) is 22.7 Å². The van der Waals surface area contributed by atoms with Gasteiger partial charge < -0.3 is 10.1 Å². The van der Waals surface area contributed by atoms with Crippen LogP contribution in [0.5, 0.6) is 5.75 Å². The van der Waals surface area contributed by atoms with E-state index >= 15 is 0 Å². The van der Waals surface area contributed by atoms with Gasteiger partial charge in [0.25, 0.3) is 0 Å². The maximum absolute atomic E-state index is 12.9. The summed E-state index contributed by atoms with van der Waals surface area (Å²) in [5, 5.41) is 3.25. The summed E-state index contributed by atoms with van der Waals surface area (Å²) in [6.45, 7) is 4.79. The summed E-state index contributed by atoms with van der Waals surface area (Å²) in [4.78, 5) is 0. The molecule has 16 heavy (non-hydrogen) atoms. The van der Waals surface area contributed by atoms with Crippen molar-refractivity contribution >= 4 is 15.9 Å². The van der Waals surface area contributed by atoms with E-state index in [0.717, 1.165) is 25.9 Å². The maximum atomic E-state index is 12.9. The SMILES string of the molecule is CCNCCCCOc1ccc(F)c(Br)c1. The van der Waals surface area contributed by atoms with Gasteiger partial charge in [-0.25, -0.2) is 4.39 Å². The smallest absolute Gasteiger partial charge is 0.137 e. The fraction of sp³-hybridized carbons (Fsp3) is 0.500. The largest absolute Gasteiger partial charge is 0.494 e. The Balaban J connectivity index is 2.19. The molecular formula is C12H17BrFNO. The van der Waals surface area contributed by atoms with E-state index in [9.17, 15) is 4.39 Å². The third-order valence-corrected chi connectivity index (χ3v) is 2.77. The molecule has 90 valence electrons. The summed E-state index contributed by atoms with van der Waals surface area (Å²) in [6.07, 6.45) is 2.10. The second kappa shape index (κ2) is 7.63. The lowest BCUT2D eigenvalue weighted by atomic mass is 10.3. The first-order valence-electron chi connectivity index (χ1n) is 5.52. The van der Waals surface area contributed by atoms with E-state index in [-0.39, 0.29) is 5.82 Å². The van der Waals surface area contributed by atoms with Crippen LogP contribution in [-0.4, -0.2) is 19.7 Å². The van der Waals surface area contributed by atoms with Crippen molar-refractivity contribution < 1.29 is 9.13 Å². The predicted molar refractivity (Wildman–Crippen MR) is 67.4 cm³/mol. The van der Waals surface area contributed by atoms with Gasteiger partial charge in [0.2, 0.25) is 0 Å². The molecule has 1 aromatic carbocycles. The van der Waals surface area contributed by atoms with E-state index < -0.39 is 0 Å². The molecule has 0 aliphatic heterocycles. The normalized spacial score (nSPS) is 10.4. The van der Waals surface area contributed by atoms with Crippen LogP contribution in [0, 0.1) is 5.82 Å². The van der Waals surface area contributed by atoms with Crippen LogP contribution in [0.2, 0.25) is 0 Å². The van der Waals surface area contributed by atoms with Crippen molar-refractivity contribution in [2.75, 3.05) is 19.7 Å². The van der Waals surface area contributed by atoms with Crippen LogP contribution >= 0.6 is 15.9 Å². The van der Waals surface area contributed by atoms with Gasteiger partial charge in [0.1, 0.15) is 11.6 Å². The Morgan fingerprint density at radius 3 is 2.88 bits per heavy atom. The number of hydrogen-bond donors (Lipinski definition) is 1. The van der Waals surface area contributed by atoms with Gasteiger partial charge >= 0.3 is 0 Å². The molecule has 0 spiro atoms. The maximum Gasteiger partial charge on any atom is 0.137 e. The van der Waals surface area contributed by atoms with E-state index in [4.69, 9.17) is 4.74 Å². The molecule has 0 atom stereocenters. The van der Waals surface area contributed by atoms with Gasteiger partial charge in [-0.15, -0.1) is 0 Å². The standard InChI is InChI=1S/C12H17BrFNO/c1-2-15-7-3-4-8-16-10-5-6-12(14)11(13)9-10/h5-6,9,15H,2-4,7-8H2,1H3. The Labute approximate surface area is 104 Å². The quantitative estimate of drug-likeness (QED) is 0.777. The van der Waals surface area contributed by atoms with E-state index in [1.165, 1.54) is 6.07 Å². The summed E-state index contributed by atoms with van der Waals surface area (Å²) >= 11 is 3.12. The highest BCUT2D eigenvalue weighted by atomic mass is 79.9. The van der Waals surface area contributed by atoms with Crippen molar-refractivity contribution in [3.05, 3.63) is 28.5 Å². The zero-order chi connectivity index (χ0) is 11.8. The Hall–Kier alpha value is -0.610. The summed E-state index contributed by atoms with van der Waals surface area (Å²) in [6, 6.07) is 4.70. The molecule has 0 bridgehead atoms. The molecule has 1 aromatic rings. The highest BCUT2D eigenvalue weighted by Crippen LogP contribution is 2.21. The van der Waals surface area contributed by atoms with Gasteiger partial charge in [0, 0.05) is 0 Å². The molecule has 0 aromatic heterocycles. The average molecular weight is 290 g/mol. The topological polar surface area (TPSA) is 21.3 Å². The first-order chi connectivity index (χ1) is 7.74. The Morgan fingerprint density at radius 1 is 1.38 bits per heavy atom.